The van der Waals surface area contributed by atoms with Crippen LogP contribution in [0.1, 0.15) is 20.3 Å². The lowest BCUT2D eigenvalue weighted by Gasteiger charge is -2.22. The molecule has 1 aliphatic rings. The quantitative estimate of drug-likeness (QED) is 0.763. The molecule has 5 heteroatoms. The van der Waals surface area contributed by atoms with Crippen molar-refractivity contribution < 1.29 is 8.42 Å². The van der Waals surface area contributed by atoms with Crippen molar-refractivity contribution in [3.05, 3.63) is 10.4 Å². The van der Waals surface area contributed by atoms with Gasteiger partial charge in [0.2, 0.25) is 0 Å². The Kier molecular flexibility index (Phi) is 4.52. The van der Waals surface area contributed by atoms with E-state index in [1.165, 1.54) is 11.7 Å². The molecule has 1 heterocycles. The van der Waals surface area contributed by atoms with Gasteiger partial charge in [0.1, 0.15) is 0 Å². The largest absolute Gasteiger partial charge is 0.365 e. The van der Waals surface area contributed by atoms with E-state index in [0.29, 0.717) is 5.92 Å². The van der Waals surface area contributed by atoms with Gasteiger partial charge in [-0.25, -0.2) is 8.42 Å². The van der Waals surface area contributed by atoms with E-state index < -0.39 is 9.84 Å². The van der Waals surface area contributed by atoms with Crippen molar-refractivity contribution in [3.8, 4) is 0 Å². The van der Waals surface area contributed by atoms with Gasteiger partial charge in [-0.05, 0) is 5.92 Å². The normalized spacial score (nSPS) is 22.3. The molecule has 0 radical (unpaired) electrons. The van der Waals surface area contributed by atoms with Gasteiger partial charge in [-0.2, -0.15) is 0 Å². The van der Waals surface area contributed by atoms with E-state index in [4.69, 9.17) is 0 Å². The first-order valence-corrected chi connectivity index (χ1v) is 8.16. The Labute approximate surface area is 96.8 Å². The lowest BCUT2D eigenvalue weighted by molar-refractivity contribution is 0.331. The van der Waals surface area contributed by atoms with Gasteiger partial charge in [0, 0.05) is 25.1 Å². The maximum Gasteiger partial charge on any atom is 0.171 e. The van der Waals surface area contributed by atoms with E-state index in [1.807, 2.05) is 0 Å². The van der Waals surface area contributed by atoms with E-state index in [-0.39, 0.29) is 0 Å². The van der Waals surface area contributed by atoms with Crippen molar-refractivity contribution in [2.24, 2.45) is 5.92 Å². The molecule has 0 aromatic rings. The number of nitrogens with zero attached hydrogens (tertiary/aromatic N) is 1. The predicted molar refractivity (Wildman–Crippen MR) is 66.4 cm³/mol. The summed E-state index contributed by atoms with van der Waals surface area (Å²) >= 11 is 1.64. The van der Waals surface area contributed by atoms with Gasteiger partial charge in [-0.1, -0.05) is 20.3 Å². The average molecular weight is 249 g/mol. The molecule has 0 aromatic carbocycles. The van der Waals surface area contributed by atoms with Gasteiger partial charge in [0.25, 0.3) is 0 Å². The highest BCUT2D eigenvalue weighted by Crippen LogP contribution is 2.29. The first-order valence-electron chi connectivity index (χ1n) is 5.22. The minimum Gasteiger partial charge on any atom is -0.365 e. The van der Waals surface area contributed by atoms with Crippen molar-refractivity contribution in [2.45, 2.75) is 20.3 Å². The second kappa shape index (κ2) is 5.25. The molecule has 0 amide bonds. The van der Waals surface area contributed by atoms with Gasteiger partial charge in [-0.3, -0.25) is 0 Å². The van der Waals surface area contributed by atoms with Gasteiger partial charge >= 0.3 is 0 Å². The molecule has 0 N–H and O–H groups in total. The third-order valence-electron chi connectivity index (χ3n) is 2.47. The minimum atomic E-state index is -3.01. The molecule has 1 saturated heterocycles. The van der Waals surface area contributed by atoms with Gasteiger partial charge in [-0.15, -0.1) is 11.8 Å². The molecule has 0 spiro atoms. The molecule has 0 aliphatic carbocycles. The van der Waals surface area contributed by atoms with Crippen molar-refractivity contribution in [1.82, 2.24) is 4.90 Å². The van der Waals surface area contributed by atoms with Crippen LogP contribution in [-0.4, -0.2) is 38.4 Å². The smallest absolute Gasteiger partial charge is 0.171 e. The zero-order valence-electron chi connectivity index (χ0n) is 9.56. The van der Waals surface area contributed by atoms with Crippen LogP contribution in [0, 0.1) is 5.92 Å². The van der Waals surface area contributed by atoms with Crippen LogP contribution in [-0.2, 0) is 9.84 Å². The summed E-state index contributed by atoms with van der Waals surface area (Å²) in [6.45, 7) is 6.29. The van der Waals surface area contributed by atoms with E-state index >= 15 is 0 Å². The second-order valence-corrected chi connectivity index (χ2v) is 7.10. The van der Waals surface area contributed by atoms with Crippen molar-refractivity contribution >= 4 is 21.6 Å². The average Bonchev–Trinajstić information content (AvgIpc) is 2.50. The fraction of sp³-hybridized carbons (Fsp3) is 0.800. The molecule has 0 aromatic heterocycles. The molecule has 1 rings (SSSR count). The van der Waals surface area contributed by atoms with Crippen LogP contribution in [0.2, 0.25) is 0 Å². The van der Waals surface area contributed by atoms with E-state index in [0.717, 1.165) is 30.3 Å². The fourth-order valence-electron chi connectivity index (χ4n) is 1.44. The summed E-state index contributed by atoms with van der Waals surface area (Å²) < 4.78 is 22.3. The number of hydrogen-bond acceptors (Lipinski definition) is 4. The fourth-order valence-corrected chi connectivity index (χ4v) is 3.62. The Morgan fingerprint density at radius 1 is 1.60 bits per heavy atom. The van der Waals surface area contributed by atoms with E-state index in [2.05, 4.69) is 18.7 Å². The highest BCUT2D eigenvalue weighted by atomic mass is 32.2. The maximum absolute atomic E-state index is 11.2. The van der Waals surface area contributed by atoms with Crippen LogP contribution in [0.3, 0.4) is 0 Å². The Bertz CT molecular complexity index is 335. The van der Waals surface area contributed by atoms with Crippen molar-refractivity contribution in [1.29, 1.82) is 0 Å². The van der Waals surface area contributed by atoms with Crippen LogP contribution in [0.25, 0.3) is 0 Å². The molecule has 88 valence electrons. The molecular weight excluding hydrogens is 230 g/mol. The Morgan fingerprint density at radius 2 is 2.27 bits per heavy atom. The van der Waals surface area contributed by atoms with Crippen LogP contribution < -0.4 is 0 Å². The predicted octanol–water partition coefficient (Wildman–Crippen LogP) is 1.92. The van der Waals surface area contributed by atoms with Gasteiger partial charge in [0.15, 0.2) is 9.84 Å². The third-order valence-corrected chi connectivity index (χ3v) is 4.33. The molecule has 1 fully saturated rings. The standard InChI is InChI=1S/C10H19NO2S2/c1-4-9(2)7-11-5-6-14-10(11)8-15(3,12)13/h8-9H,4-7H2,1-3H3/b10-8-/t9-/m0/s1. The lowest BCUT2D eigenvalue weighted by Crippen LogP contribution is -2.24. The second-order valence-electron chi connectivity index (χ2n) is 4.09. The Balaban J connectivity index is 2.69. The molecule has 0 unspecified atom stereocenters. The Hall–Kier alpha value is -0.160. The van der Waals surface area contributed by atoms with Crippen LogP contribution in [0.15, 0.2) is 10.4 Å². The molecule has 0 saturated carbocycles. The van der Waals surface area contributed by atoms with E-state index in [9.17, 15) is 8.42 Å². The minimum absolute atomic E-state index is 0.617. The molecule has 1 aliphatic heterocycles. The lowest BCUT2D eigenvalue weighted by atomic mass is 10.1. The first-order chi connectivity index (χ1) is 6.92. The SMILES string of the molecule is CC[C@H](C)CN1CCS/C1=C\S(C)(=O)=O. The van der Waals surface area contributed by atoms with Crippen molar-refractivity contribution in [2.75, 3.05) is 25.1 Å². The van der Waals surface area contributed by atoms with Crippen LogP contribution in [0.4, 0.5) is 0 Å². The summed E-state index contributed by atoms with van der Waals surface area (Å²) in [5.74, 6) is 1.62. The molecule has 15 heavy (non-hydrogen) atoms. The summed E-state index contributed by atoms with van der Waals surface area (Å²) in [4.78, 5) is 2.18. The van der Waals surface area contributed by atoms with E-state index in [1.54, 1.807) is 11.8 Å². The highest BCUT2D eigenvalue weighted by Gasteiger charge is 2.20. The maximum atomic E-state index is 11.2. The summed E-state index contributed by atoms with van der Waals surface area (Å²) in [5, 5.41) is 2.31. The summed E-state index contributed by atoms with van der Waals surface area (Å²) in [7, 11) is -3.01. The van der Waals surface area contributed by atoms with Crippen molar-refractivity contribution in [3.63, 3.8) is 0 Å². The number of hydrogen-bond donors (Lipinski definition) is 0. The zero-order valence-corrected chi connectivity index (χ0v) is 11.2. The van der Waals surface area contributed by atoms with Gasteiger partial charge < -0.3 is 4.90 Å². The summed E-state index contributed by atoms with van der Waals surface area (Å²) in [5.41, 5.74) is 0. The summed E-state index contributed by atoms with van der Waals surface area (Å²) in [6, 6.07) is 0. The summed E-state index contributed by atoms with van der Waals surface area (Å²) in [6.07, 6.45) is 2.38. The third kappa shape index (κ3) is 4.47. The monoisotopic (exact) mass is 249 g/mol. The van der Waals surface area contributed by atoms with Crippen LogP contribution in [0.5, 0.6) is 0 Å². The molecular formula is C10H19NO2S2. The highest BCUT2D eigenvalue weighted by molar-refractivity contribution is 8.04. The Morgan fingerprint density at radius 3 is 2.80 bits per heavy atom. The zero-order chi connectivity index (χ0) is 11.5. The van der Waals surface area contributed by atoms with Gasteiger partial charge in [0.05, 0.1) is 10.4 Å². The molecule has 1 atom stereocenters. The molecule has 3 nitrogen and oxygen atoms in total. The topological polar surface area (TPSA) is 37.4 Å². The first kappa shape index (κ1) is 12.9. The number of thioether (sulfide) groups is 1. The van der Waals surface area contributed by atoms with Crippen LogP contribution >= 0.6 is 11.8 Å². The molecule has 0 bridgehead atoms. The number of rotatable bonds is 4. The number of sulfone groups is 1.